The smallest absolute Gasteiger partial charge is 0.341 e. The van der Waals surface area contributed by atoms with Crippen LogP contribution in [0.4, 0.5) is 5.00 Å². The third-order valence-electron chi connectivity index (χ3n) is 6.21. The lowest BCUT2D eigenvalue weighted by atomic mass is 10.1. The zero-order valence-electron chi connectivity index (χ0n) is 22.3. The molecule has 1 aromatic heterocycles. The third kappa shape index (κ3) is 6.24. The second-order valence-electron chi connectivity index (χ2n) is 10.7. The van der Waals surface area contributed by atoms with E-state index in [0.717, 1.165) is 48.0 Å². The van der Waals surface area contributed by atoms with E-state index < -0.39 is 11.6 Å². The quantitative estimate of drug-likeness (QED) is 0.558. The molecule has 200 valence electrons. The first-order chi connectivity index (χ1) is 17.4. The molecule has 0 saturated carbocycles. The Morgan fingerprint density at radius 2 is 1.76 bits per heavy atom. The second kappa shape index (κ2) is 10.7. The maximum Gasteiger partial charge on any atom is 0.341 e. The maximum absolute atomic E-state index is 13.5. The molecular weight excluding hydrogens is 494 g/mol. The number of benzene rings is 1. The third-order valence-corrected chi connectivity index (χ3v) is 7.40. The van der Waals surface area contributed by atoms with Crippen molar-refractivity contribution in [3.63, 3.8) is 0 Å². The van der Waals surface area contributed by atoms with Crippen molar-refractivity contribution in [2.24, 2.45) is 5.92 Å². The van der Waals surface area contributed by atoms with E-state index >= 15 is 0 Å². The van der Waals surface area contributed by atoms with E-state index in [0.29, 0.717) is 28.5 Å². The van der Waals surface area contributed by atoms with Crippen LogP contribution < -0.4 is 14.8 Å². The van der Waals surface area contributed by atoms with Gasteiger partial charge in [0.1, 0.15) is 10.6 Å². The first-order valence-corrected chi connectivity index (χ1v) is 13.3. The van der Waals surface area contributed by atoms with E-state index in [1.54, 1.807) is 41.5 Å². The van der Waals surface area contributed by atoms with Crippen LogP contribution in [-0.2, 0) is 16.1 Å². The molecule has 2 aliphatic heterocycles. The average Bonchev–Trinajstić information content (AvgIpc) is 3.41. The molecule has 0 atom stereocenters. The van der Waals surface area contributed by atoms with Crippen molar-refractivity contribution in [2.45, 2.75) is 53.7 Å². The lowest BCUT2D eigenvalue weighted by molar-refractivity contribution is -0.118. The van der Waals surface area contributed by atoms with Crippen molar-refractivity contribution < 1.29 is 28.6 Å². The summed E-state index contributed by atoms with van der Waals surface area (Å²) in [5, 5.41) is 3.19. The Labute approximate surface area is 221 Å². The summed E-state index contributed by atoms with van der Waals surface area (Å²) in [5.41, 5.74) is 1.21. The van der Waals surface area contributed by atoms with Crippen LogP contribution in [0, 0.1) is 12.8 Å². The highest BCUT2D eigenvalue weighted by Gasteiger charge is 2.32. The van der Waals surface area contributed by atoms with Gasteiger partial charge in [-0.25, -0.2) is 4.79 Å². The van der Waals surface area contributed by atoms with Gasteiger partial charge in [-0.3, -0.25) is 14.5 Å². The van der Waals surface area contributed by atoms with Gasteiger partial charge in [0.15, 0.2) is 11.5 Å². The highest BCUT2D eigenvalue weighted by atomic mass is 32.1. The molecule has 1 fully saturated rings. The molecule has 1 saturated heterocycles. The van der Waals surface area contributed by atoms with Gasteiger partial charge in [-0.2, -0.15) is 0 Å². The molecule has 0 spiro atoms. The van der Waals surface area contributed by atoms with Crippen molar-refractivity contribution in [1.82, 2.24) is 9.80 Å². The second-order valence-corrected chi connectivity index (χ2v) is 11.7. The minimum atomic E-state index is -0.705. The molecule has 1 N–H and O–H groups in total. The summed E-state index contributed by atoms with van der Waals surface area (Å²) < 4.78 is 16.5. The molecule has 10 heteroatoms. The molecule has 2 aromatic rings. The van der Waals surface area contributed by atoms with Gasteiger partial charge in [-0.05, 0) is 51.0 Å². The molecule has 0 aliphatic carbocycles. The number of carbonyl (C=O) groups is 3. The van der Waals surface area contributed by atoms with Crippen molar-refractivity contribution in [2.75, 3.05) is 38.3 Å². The summed E-state index contributed by atoms with van der Waals surface area (Å²) in [6.45, 7) is 14.2. The van der Waals surface area contributed by atoms with Crippen LogP contribution in [0.25, 0.3) is 0 Å². The zero-order chi connectivity index (χ0) is 26.9. The maximum atomic E-state index is 13.5. The lowest BCUT2D eigenvalue weighted by Crippen LogP contribution is -2.48. The highest BCUT2D eigenvalue weighted by molar-refractivity contribution is 7.18. The number of hydrogen-bond acceptors (Lipinski definition) is 8. The van der Waals surface area contributed by atoms with Crippen LogP contribution in [0.3, 0.4) is 0 Å². The van der Waals surface area contributed by atoms with Gasteiger partial charge in [-0.1, -0.05) is 19.9 Å². The first kappa shape index (κ1) is 26.9. The Bertz CT molecular complexity index is 1190. The number of hydrogen-bond donors (Lipinski definition) is 1. The van der Waals surface area contributed by atoms with Gasteiger partial charge in [-0.15, -0.1) is 11.3 Å². The largest absolute Gasteiger partial charge is 0.456 e. The van der Waals surface area contributed by atoms with Crippen LogP contribution in [0.2, 0.25) is 0 Å². The number of nitrogens with zero attached hydrogens (tertiary/aromatic N) is 2. The average molecular weight is 530 g/mol. The highest BCUT2D eigenvalue weighted by Crippen LogP contribution is 2.36. The van der Waals surface area contributed by atoms with E-state index in [9.17, 15) is 14.4 Å². The van der Waals surface area contributed by atoms with Gasteiger partial charge in [0.2, 0.25) is 12.7 Å². The molecule has 4 rings (SSSR count). The minimum Gasteiger partial charge on any atom is -0.456 e. The lowest BCUT2D eigenvalue weighted by Gasteiger charge is -2.34. The fourth-order valence-electron chi connectivity index (χ4n) is 4.19. The number of amides is 2. The Morgan fingerprint density at radius 3 is 2.41 bits per heavy atom. The van der Waals surface area contributed by atoms with Crippen molar-refractivity contribution in [1.29, 1.82) is 0 Å². The van der Waals surface area contributed by atoms with Crippen molar-refractivity contribution >= 4 is 34.1 Å². The molecule has 0 unspecified atom stereocenters. The number of nitrogens with one attached hydrogen (secondary N) is 1. The number of thiophene rings is 1. The Balaban J connectivity index is 1.47. The zero-order valence-corrected chi connectivity index (χ0v) is 23.1. The minimum absolute atomic E-state index is 0.139. The Morgan fingerprint density at radius 1 is 1.08 bits per heavy atom. The van der Waals surface area contributed by atoms with Gasteiger partial charge in [0.25, 0.3) is 5.91 Å². The summed E-state index contributed by atoms with van der Waals surface area (Å²) in [6, 6.07) is 5.96. The predicted octanol–water partition coefficient (Wildman–Crippen LogP) is 4.29. The summed E-state index contributed by atoms with van der Waals surface area (Å²) in [4.78, 5) is 43.6. The van der Waals surface area contributed by atoms with E-state index in [4.69, 9.17) is 14.2 Å². The van der Waals surface area contributed by atoms with Gasteiger partial charge in [0, 0.05) is 38.6 Å². The van der Waals surface area contributed by atoms with Gasteiger partial charge >= 0.3 is 5.97 Å². The van der Waals surface area contributed by atoms with E-state index in [1.165, 1.54) is 0 Å². The van der Waals surface area contributed by atoms with Crippen molar-refractivity contribution in [3.8, 4) is 11.5 Å². The van der Waals surface area contributed by atoms with E-state index in [2.05, 4.69) is 10.2 Å². The number of esters is 1. The van der Waals surface area contributed by atoms with Crippen LogP contribution in [0.1, 0.15) is 65.8 Å². The van der Waals surface area contributed by atoms with E-state index in [1.807, 2.05) is 23.1 Å². The number of ether oxygens (including phenoxy) is 3. The Hall–Kier alpha value is -3.11. The van der Waals surface area contributed by atoms with E-state index in [-0.39, 0.29) is 30.1 Å². The molecule has 9 nitrogen and oxygen atoms in total. The molecule has 2 amide bonds. The van der Waals surface area contributed by atoms with Crippen LogP contribution in [0.15, 0.2) is 18.2 Å². The van der Waals surface area contributed by atoms with Crippen LogP contribution in [-0.4, -0.2) is 66.2 Å². The number of piperazine rings is 1. The number of rotatable bonds is 6. The molecule has 0 radical (unpaired) electrons. The monoisotopic (exact) mass is 529 g/mol. The van der Waals surface area contributed by atoms with Crippen LogP contribution in [0.5, 0.6) is 11.5 Å². The SMILES string of the molecule is Cc1c(C(=O)N2CCN(Cc3ccc4c(c3)OCO4)CC2)sc(NC(=O)C(C)C)c1C(=O)OC(C)(C)C. The summed E-state index contributed by atoms with van der Waals surface area (Å²) in [7, 11) is 0. The standard InChI is InChI=1S/C27H35N3O6S/c1-16(2)23(31)28-24-21(26(33)36-27(4,5)6)17(3)22(37-24)25(32)30-11-9-29(10-12-30)14-18-7-8-19-20(13-18)35-15-34-19/h7-8,13,16H,9-12,14-15H2,1-6H3,(H,28,31). The number of anilines is 1. The molecule has 2 aliphatic rings. The van der Waals surface area contributed by atoms with Gasteiger partial charge in [0.05, 0.1) is 10.4 Å². The summed E-state index contributed by atoms with van der Waals surface area (Å²) >= 11 is 1.14. The Kier molecular flexibility index (Phi) is 7.80. The molecular formula is C27H35N3O6S. The first-order valence-electron chi connectivity index (χ1n) is 12.5. The molecule has 1 aromatic carbocycles. The van der Waals surface area contributed by atoms with Crippen LogP contribution >= 0.6 is 11.3 Å². The summed E-state index contributed by atoms with van der Waals surface area (Å²) in [6.07, 6.45) is 0. The topological polar surface area (TPSA) is 97.4 Å². The van der Waals surface area contributed by atoms with Crippen molar-refractivity contribution in [3.05, 3.63) is 39.8 Å². The number of fused-ring (bicyclic) bond motifs is 1. The molecule has 37 heavy (non-hydrogen) atoms. The fourth-order valence-corrected chi connectivity index (χ4v) is 5.35. The normalized spacial score (nSPS) is 15.7. The number of carbonyl (C=O) groups excluding carboxylic acids is 3. The van der Waals surface area contributed by atoms with Gasteiger partial charge < -0.3 is 24.4 Å². The predicted molar refractivity (Wildman–Crippen MR) is 141 cm³/mol. The fraction of sp³-hybridized carbons (Fsp3) is 0.519. The molecule has 0 bridgehead atoms. The molecule has 3 heterocycles. The summed E-state index contributed by atoms with van der Waals surface area (Å²) in [5.74, 6) is 0.349.